The zero-order chi connectivity index (χ0) is 15.9. The molecule has 1 aromatic heterocycles. The Balaban J connectivity index is 2.05. The van der Waals surface area contributed by atoms with Gasteiger partial charge in [0, 0.05) is 18.3 Å². The second kappa shape index (κ2) is 7.44. The topological polar surface area (TPSA) is 59.4 Å². The summed E-state index contributed by atoms with van der Waals surface area (Å²) in [7, 11) is 0. The summed E-state index contributed by atoms with van der Waals surface area (Å²) in [5.41, 5.74) is 0.404. The van der Waals surface area contributed by atoms with Crippen LogP contribution in [0, 0.1) is 17.6 Å². The molecule has 0 atom stereocenters. The predicted molar refractivity (Wildman–Crippen MR) is 79.7 cm³/mol. The summed E-state index contributed by atoms with van der Waals surface area (Å²) in [6, 6.07) is 6.14. The molecule has 1 heterocycles. The van der Waals surface area contributed by atoms with E-state index >= 15 is 0 Å². The van der Waals surface area contributed by atoms with Gasteiger partial charge in [0.15, 0.2) is 11.6 Å². The Bertz CT molecular complexity index is 662. The quantitative estimate of drug-likeness (QED) is 0.656. The molecule has 0 unspecified atom stereocenters. The van der Waals surface area contributed by atoms with Gasteiger partial charge in [-0.1, -0.05) is 37.2 Å². The third-order valence-electron chi connectivity index (χ3n) is 2.62. The minimum absolute atomic E-state index is 0.0759. The number of hydrogen-bond acceptors (Lipinski definition) is 5. The molecule has 2 rings (SSSR count). The van der Waals surface area contributed by atoms with Crippen LogP contribution in [0.2, 0.25) is 0 Å². The summed E-state index contributed by atoms with van der Waals surface area (Å²) in [6.45, 7) is 3.95. The molecule has 0 saturated heterocycles. The lowest BCUT2D eigenvalue weighted by molar-refractivity contribution is 0.311. The first-order chi connectivity index (χ1) is 10.6. The van der Waals surface area contributed by atoms with Crippen molar-refractivity contribution < 1.29 is 13.6 Å². The molecule has 22 heavy (non-hydrogen) atoms. The van der Waals surface area contributed by atoms with Crippen LogP contribution in [0.1, 0.15) is 19.4 Å². The number of nitrogens with one attached hydrogen (secondary N) is 1. The number of rotatable bonds is 6. The lowest BCUT2D eigenvalue weighted by atomic mass is 10.2. The van der Waals surface area contributed by atoms with Gasteiger partial charge in [-0.3, -0.25) is 0 Å². The van der Waals surface area contributed by atoms with Crippen molar-refractivity contribution in [3.05, 3.63) is 47.7 Å². The number of oxime groups is 1. The number of halogens is 2. The molecule has 116 valence electrons. The smallest absolute Gasteiger partial charge is 0.347 e. The summed E-state index contributed by atoms with van der Waals surface area (Å²) in [6.07, 6.45) is 2.54. The van der Waals surface area contributed by atoms with E-state index < -0.39 is 5.82 Å². The van der Waals surface area contributed by atoms with E-state index in [0.717, 1.165) is 6.20 Å². The first-order valence-corrected chi connectivity index (χ1v) is 6.76. The van der Waals surface area contributed by atoms with Gasteiger partial charge < -0.3 is 10.2 Å². The van der Waals surface area contributed by atoms with Crippen molar-refractivity contribution in [2.75, 3.05) is 5.32 Å². The SMILES string of the molecule is CC(C)/C=N/Oc1ncc(F)c(NCc2ccccc2F)n1. The van der Waals surface area contributed by atoms with E-state index in [1.165, 1.54) is 6.07 Å². The fourth-order valence-corrected chi connectivity index (χ4v) is 1.54. The Morgan fingerprint density at radius 2 is 2.05 bits per heavy atom. The van der Waals surface area contributed by atoms with Crippen LogP contribution in [0.15, 0.2) is 35.6 Å². The van der Waals surface area contributed by atoms with Gasteiger partial charge in [-0.25, -0.2) is 8.78 Å². The molecule has 0 aliphatic rings. The lowest BCUT2D eigenvalue weighted by Gasteiger charge is -2.08. The first kappa shape index (κ1) is 15.8. The summed E-state index contributed by atoms with van der Waals surface area (Å²) < 4.78 is 27.2. The molecule has 0 spiro atoms. The monoisotopic (exact) mass is 306 g/mol. The molecule has 0 bridgehead atoms. The number of benzene rings is 1. The van der Waals surface area contributed by atoms with E-state index in [1.54, 1.807) is 24.4 Å². The van der Waals surface area contributed by atoms with Crippen LogP contribution in [0.25, 0.3) is 0 Å². The summed E-state index contributed by atoms with van der Waals surface area (Å²) >= 11 is 0. The zero-order valence-corrected chi connectivity index (χ0v) is 12.3. The van der Waals surface area contributed by atoms with E-state index in [4.69, 9.17) is 4.84 Å². The van der Waals surface area contributed by atoms with E-state index in [0.29, 0.717) is 5.56 Å². The molecule has 0 radical (unpaired) electrons. The average Bonchev–Trinajstić information content (AvgIpc) is 2.48. The third-order valence-corrected chi connectivity index (χ3v) is 2.62. The van der Waals surface area contributed by atoms with E-state index in [1.807, 2.05) is 13.8 Å². The van der Waals surface area contributed by atoms with Gasteiger partial charge in [0.25, 0.3) is 0 Å². The number of nitrogens with zero attached hydrogens (tertiary/aromatic N) is 3. The fraction of sp³-hybridized carbons (Fsp3) is 0.267. The second-order valence-corrected chi connectivity index (χ2v) is 4.88. The number of aromatic nitrogens is 2. The van der Waals surface area contributed by atoms with Crippen molar-refractivity contribution in [1.29, 1.82) is 0 Å². The molecular formula is C15H16F2N4O. The number of anilines is 1. The molecule has 2 aromatic rings. The molecule has 0 amide bonds. The average molecular weight is 306 g/mol. The van der Waals surface area contributed by atoms with Crippen molar-refractivity contribution in [2.45, 2.75) is 20.4 Å². The second-order valence-electron chi connectivity index (χ2n) is 4.88. The van der Waals surface area contributed by atoms with Crippen molar-refractivity contribution in [2.24, 2.45) is 11.1 Å². The van der Waals surface area contributed by atoms with Crippen LogP contribution in [-0.4, -0.2) is 16.2 Å². The maximum Gasteiger partial charge on any atom is 0.347 e. The van der Waals surface area contributed by atoms with Crippen LogP contribution in [-0.2, 0) is 6.54 Å². The van der Waals surface area contributed by atoms with Crippen molar-refractivity contribution in [3.63, 3.8) is 0 Å². The van der Waals surface area contributed by atoms with Crippen LogP contribution >= 0.6 is 0 Å². The summed E-state index contributed by atoms with van der Waals surface area (Å²) in [5.74, 6) is -0.897. The van der Waals surface area contributed by atoms with Gasteiger partial charge in [-0.05, 0) is 12.0 Å². The Kier molecular flexibility index (Phi) is 5.35. The lowest BCUT2D eigenvalue weighted by Crippen LogP contribution is -2.07. The highest BCUT2D eigenvalue weighted by molar-refractivity contribution is 5.58. The first-order valence-electron chi connectivity index (χ1n) is 6.76. The molecule has 0 fully saturated rings. The van der Waals surface area contributed by atoms with Crippen LogP contribution < -0.4 is 10.2 Å². The van der Waals surface area contributed by atoms with Gasteiger partial charge in [0.2, 0.25) is 0 Å². The van der Waals surface area contributed by atoms with Crippen molar-refractivity contribution in [3.8, 4) is 6.01 Å². The van der Waals surface area contributed by atoms with E-state index in [9.17, 15) is 8.78 Å². The largest absolute Gasteiger partial charge is 0.363 e. The van der Waals surface area contributed by atoms with Crippen LogP contribution in [0.4, 0.5) is 14.6 Å². The Labute approximate surface area is 127 Å². The molecule has 1 N–H and O–H groups in total. The molecule has 0 aliphatic carbocycles. The van der Waals surface area contributed by atoms with Gasteiger partial charge in [0.1, 0.15) is 5.82 Å². The van der Waals surface area contributed by atoms with E-state index in [-0.39, 0.29) is 30.1 Å². The fourth-order valence-electron chi connectivity index (χ4n) is 1.54. The molecule has 1 aromatic carbocycles. The highest BCUT2D eigenvalue weighted by Gasteiger charge is 2.09. The normalized spacial score (nSPS) is 11.1. The maximum absolute atomic E-state index is 13.6. The van der Waals surface area contributed by atoms with Gasteiger partial charge >= 0.3 is 6.01 Å². The molecule has 5 nitrogen and oxygen atoms in total. The van der Waals surface area contributed by atoms with Crippen LogP contribution in [0.5, 0.6) is 6.01 Å². The Morgan fingerprint density at radius 1 is 1.27 bits per heavy atom. The molecular weight excluding hydrogens is 290 g/mol. The van der Waals surface area contributed by atoms with E-state index in [2.05, 4.69) is 20.4 Å². The minimum atomic E-state index is -0.656. The van der Waals surface area contributed by atoms with Crippen LogP contribution in [0.3, 0.4) is 0 Å². The highest BCUT2D eigenvalue weighted by atomic mass is 19.1. The molecule has 0 aliphatic heterocycles. The standard InChI is InChI=1S/C15H16F2N4O/c1-10(2)7-20-22-15-19-9-13(17)14(21-15)18-8-11-5-3-4-6-12(11)16/h3-7,9-10H,8H2,1-2H3,(H,18,19,21)/b20-7+. The zero-order valence-electron chi connectivity index (χ0n) is 12.3. The maximum atomic E-state index is 13.6. The molecule has 0 saturated carbocycles. The van der Waals surface area contributed by atoms with Crippen molar-refractivity contribution >= 4 is 12.0 Å². The predicted octanol–water partition coefficient (Wildman–Crippen LogP) is 3.39. The Hall–Kier alpha value is -2.57. The number of hydrogen-bond donors (Lipinski definition) is 1. The Morgan fingerprint density at radius 3 is 2.77 bits per heavy atom. The molecule has 7 heteroatoms. The summed E-state index contributed by atoms with van der Waals surface area (Å²) in [4.78, 5) is 12.5. The minimum Gasteiger partial charge on any atom is -0.363 e. The van der Waals surface area contributed by atoms with Crippen molar-refractivity contribution in [1.82, 2.24) is 9.97 Å². The summed E-state index contributed by atoms with van der Waals surface area (Å²) in [5, 5.41) is 6.40. The third kappa shape index (κ3) is 4.47. The van der Waals surface area contributed by atoms with Gasteiger partial charge in [-0.15, -0.1) is 0 Å². The van der Waals surface area contributed by atoms with Gasteiger partial charge in [-0.2, -0.15) is 9.97 Å². The highest BCUT2D eigenvalue weighted by Crippen LogP contribution is 2.15. The van der Waals surface area contributed by atoms with Gasteiger partial charge in [0.05, 0.1) is 6.20 Å².